The van der Waals surface area contributed by atoms with E-state index in [0.717, 1.165) is 31.5 Å². The predicted molar refractivity (Wildman–Crippen MR) is 78.2 cm³/mol. The second kappa shape index (κ2) is 4.84. The lowest BCUT2D eigenvalue weighted by Crippen LogP contribution is -2.42. The SMILES string of the molecule is CCO[C@H]1CC2CC1CN2C(=O)c1cnn2ccccc12. The molecule has 0 N–H and O–H groups in total. The summed E-state index contributed by atoms with van der Waals surface area (Å²) < 4.78 is 7.53. The normalized spacial score (nSPS) is 27.7. The van der Waals surface area contributed by atoms with Gasteiger partial charge in [-0.3, -0.25) is 4.79 Å². The van der Waals surface area contributed by atoms with Gasteiger partial charge < -0.3 is 9.64 Å². The van der Waals surface area contributed by atoms with Gasteiger partial charge in [0.15, 0.2) is 0 Å². The number of amides is 1. The molecule has 2 bridgehead atoms. The molecule has 2 aliphatic rings. The number of hydrogen-bond donors (Lipinski definition) is 0. The van der Waals surface area contributed by atoms with Crippen molar-refractivity contribution in [3.05, 3.63) is 36.2 Å². The fourth-order valence-corrected chi connectivity index (χ4v) is 3.83. The van der Waals surface area contributed by atoms with Crippen LogP contribution >= 0.6 is 0 Å². The topological polar surface area (TPSA) is 46.8 Å². The highest BCUT2D eigenvalue weighted by Gasteiger charge is 2.47. The summed E-state index contributed by atoms with van der Waals surface area (Å²) in [6, 6.07) is 6.13. The molecule has 5 heteroatoms. The number of fused-ring (bicyclic) bond motifs is 3. The first kappa shape index (κ1) is 12.8. The van der Waals surface area contributed by atoms with Crippen molar-refractivity contribution in [2.45, 2.75) is 31.9 Å². The Bertz CT molecular complexity index is 681. The standard InChI is InChI=1S/C16H19N3O2/c1-2-21-15-8-12-7-11(15)10-18(12)16(20)13-9-17-19-6-4-3-5-14(13)19/h3-6,9,11-12,15H,2,7-8,10H2,1H3/t11?,12?,15-/m0/s1. The second-order valence-electron chi connectivity index (χ2n) is 5.93. The largest absolute Gasteiger partial charge is 0.378 e. The van der Waals surface area contributed by atoms with Crippen LogP contribution in [0.25, 0.3) is 5.52 Å². The summed E-state index contributed by atoms with van der Waals surface area (Å²) >= 11 is 0. The van der Waals surface area contributed by atoms with E-state index in [9.17, 15) is 4.79 Å². The number of pyridine rings is 1. The summed E-state index contributed by atoms with van der Waals surface area (Å²) in [5.74, 6) is 0.611. The van der Waals surface area contributed by atoms with Gasteiger partial charge in [-0.15, -0.1) is 0 Å². The Morgan fingerprint density at radius 3 is 3.10 bits per heavy atom. The van der Waals surface area contributed by atoms with Crippen molar-refractivity contribution in [1.29, 1.82) is 0 Å². The lowest BCUT2D eigenvalue weighted by atomic mass is 10.1. The number of likely N-dealkylation sites (tertiary alicyclic amines) is 1. The lowest BCUT2D eigenvalue weighted by molar-refractivity contribution is 0.00761. The van der Waals surface area contributed by atoms with Crippen LogP contribution in [0.2, 0.25) is 0 Å². The summed E-state index contributed by atoms with van der Waals surface area (Å²) in [6.45, 7) is 3.61. The first-order valence-electron chi connectivity index (χ1n) is 7.63. The molecular weight excluding hydrogens is 266 g/mol. The van der Waals surface area contributed by atoms with Crippen molar-refractivity contribution in [1.82, 2.24) is 14.5 Å². The van der Waals surface area contributed by atoms with Crippen LogP contribution in [0.15, 0.2) is 30.6 Å². The van der Waals surface area contributed by atoms with Crippen LogP contribution in [0.4, 0.5) is 0 Å². The van der Waals surface area contributed by atoms with Crippen LogP contribution in [0, 0.1) is 5.92 Å². The maximum atomic E-state index is 12.8. The summed E-state index contributed by atoms with van der Waals surface area (Å²) in [5, 5.41) is 4.26. The molecule has 2 fully saturated rings. The van der Waals surface area contributed by atoms with Crippen LogP contribution in [-0.4, -0.2) is 45.7 Å². The molecule has 0 spiro atoms. The Morgan fingerprint density at radius 1 is 1.43 bits per heavy atom. The van der Waals surface area contributed by atoms with Gasteiger partial charge in [0.2, 0.25) is 0 Å². The third-order valence-corrected chi connectivity index (χ3v) is 4.78. The monoisotopic (exact) mass is 285 g/mol. The number of carbonyl (C=O) groups excluding carboxylic acids is 1. The zero-order chi connectivity index (χ0) is 14.4. The molecule has 110 valence electrons. The van der Waals surface area contributed by atoms with Gasteiger partial charge in [0, 0.05) is 31.3 Å². The van der Waals surface area contributed by atoms with E-state index in [4.69, 9.17) is 4.74 Å². The number of hydrogen-bond acceptors (Lipinski definition) is 3. The minimum atomic E-state index is 0.110. The Kier molecular flexibility index (Phi) is 2.96. The molecule has 0 aromatic carbocycles. The Hall–Kier alpha value is -1.88. The van der Waals surface area contributed by atoms with E-state index in [0.29, 0.717) is 23.6 Å². The van der Waals surface area contributed by atoms with E-state index in [2.05, 4.69) is 5.10 Å². The molecular formula is C16H19N3O2. The maximum absolute atomic E-state index is 12.8. The molecule has 5 nitrogen and oxygen atoms in total. The molecule has 3 atom stereocenters. The molecule has 2 aromatic heterocycles. The summed E-state index contributed by atoms with van der Waals surface area (Å²) in [5.41, 5.74) is 1.59. The molecule has 1 saturated carbocycles. The molecule has 4 rings (SSSR count). The molecule has 2 unspecified atom stereocenters. The number of rotatable bonds is 3. The van der Waals surface area contributed by atoms with Gasteiger partial charge >= 0.3 is 0 Å². The minimum Gasteiger partial charge on any atom is -0.378 e. The summed E-state index contributed by atoms with van der Waals surface area (Å²) in [4.78, 5) is 14.8. The van der Waals surface area contributed by atoms with E-state index in [1.165, 1.54) is 0 Å². The van der Waals surface area contributed by atoms with Gasteiger partial charge in [-0.25, -0.2) is 4.52 Å². The summed E-state index contributed by atoms with van der Waals surface area (Å²) in [6.07, 6.45) is 5.95. The van der Waals surface area contributed by atoms with Crippen molar-refractivity contribution < 1.29 is 9.53 Å². The average molecular weight is 285 g/mol. The molecule has 1 aliphatic carbocycles. The van der Waals surface area contributed by atoms with E-state index in [1.54, 1.807) is 10.7 Å². The number of aromatic nitrogens is 2. The lowest BCUT2D eigenvalue weighted by Gasteiger charge is -2.31. The van der Waals surface area contributed by atoms with Crippen molar-refractivity contribution >= 4 is 11.4 Å². The fraction of sp³-hybridized carbons (Fsp3) is 0.500. The molecule has 1 amide bonds. The van der Waals surface area contributed by atoms with Crippen LogP contribution in [0.3, 0.4) is 0 Å². The highest BCUT2D eigenvalue weighted by atomic mass is 16.5. The molecule has 1 aliphatic heterocycles. The smallest absolute Gasteiger partial charge is 0.257 e. The Labute approximate surface area is 123 Å². The number of nitrogens with zero attached hydrogens (tertiary/aromatic N) is 3. The van der Waals surface area contributed by atoms with Crippen LogP contribution < -0.4 is 0 Å². The van der Waals surface area contributed by atoms with Gasteiger partial charge in [0.25, 0.3) is 5.91 Å². The second-order valence-corrected chi connectivity index (χ2v) is 5.93. The first-order chi connectivity index (χ1) is 10.3. The van der Waals surface area contributed by atoms with E-state index < -0.39 is 0 Å². The fourth-order valence-electron chi connectivity index (χ4n) is 3.83. The van der Waals surface area contributed by atoms with E-state index in [1.807, 2.05) is 36.2 Å². The predicted octanol–water partition coefficient (Wildman–Crippen LogP) is 1.97. The Morgan fingerprint density at radius 2 is 2.33 bits per heavy atom. The number of carbonyl (C=O) groups is 1. The summed E-state index contributed by atoms with van der Waals surface area (Å²) in [7, 11) is 0. The van der Waals surface area contributed by atoms with Gasteiger partial charge in [-0.2, -0.15) is 5.10 Å². The minimum absolute atomic E-state index is 0.110. The Balaban J connectivity index is 1.57. The van der Waals surface area contributed by atoms with Gasteiger partial charge in [-0.05, 0) is 31.9 Å². The van der Waals surface area contributed by atoms with Crippen molar-refractivity contribution in [3.63, 3.8) is 0 Å². The maximum Gasteiger partial charge on any atom is 0.257 e. The molecule has 3 heterocycles. The molecule has 2 aromatic rings. The van der Waals surface area contributed by atoms with Gasteiger partial charge in [0.05, 0.1) is 23.4 Å². The number of ether oxygens (including phenoxy) is 1. The zero-order valence-electron chi connectivity index (χ0n) is 12.1. The third kappa shape index (κ3) is 1.95. The van der Waals surface area contributed by atoms with Crippen LogP contribution in [0.5, 0.6) is 0 Å². The quantitative estimate of drug-likeness (QED) is 0.866. The first-order valence-corrected chi connectivity index (χ1v) is 7.63. The van der Waals surface area contributed by atoms with E-state index >= 15 is 0 Å². The molecule has 21 heavy (non-hydrogen) atoms. The van der Waals surface area contributed by atoms with Crippen molar-refractivity contribution in [3.8, 4) is 0 Å². The van der Waals surface area contributed by atoms with Crippen molar-refractivity contribution in [2.75, 3.05) is 13.2 Å². The van der Waals surface area contributed by atoms with E-state index in [-0.39, 0.29) is 5.91 Å². The zero-order valence-corrected chi connectivity index (χ0v) is 12.1. The molecule has 0 radical (unpaired) electrons. The van der Waals surface area contributed by atoms with Crippen molar-refractivity contribution in [2.24, 2.45) is 5.92 Å². The number of piperidine rings is 1. The highest BCUT2D eigenvalue weighted by molar-refractivity contribution is 6.01. The molecule has 1 saturated heterocycles. The average Bonchev–Trinajstić information content (AvgIpc) is 3.20. The third-order valence-electron chi connectivity index (χ3n) is 4.78. The van der Waals surface area contributed by atoms with Gasteiger partial charge in [0.1, 0.15) is 0 Å². The van der Waals surface area contributed by atoms with Gasteiger partial charge in [-0.1, -0.05) is 6.07 Å². The highest BCUT2D eigenvalue weighted by Crippen LogP contribution is 2.40. The van der Waals surface area contributed by atoms with Crippen LogP contribution in [0.1, 0.15) is 30.1 Å². The van der Waals surface area contributed by atoms with Crippen LogP contribution in [-0.2, 0) is 4.74 Å².